The molecule has 0 saturated heterocycles. The lowest BCUT2D eigenvalue weighted by molar-refractivity contribution is 0.344. The molecule has 1 aromatic rings. The average molecular weight is 237 g/mol. The van der Waals surface area contributed by atoms with E-state index in [1.165, 1.54) is 18.9 Å². The second-order valence-corrected chi connectivity index (χ2v) is 4.87. The summed E-state index contributed by atoms with van der Waals surface area (Å²) in [7, 11) is 3.63. The zero-order valence-corrected chi connectivity index (χ0v) is 10.6. The first kappa shape index (κ1) is 12.4. The van der Waals surface area contributed by atoms with Crippen LogP contribution in [0, 0.1) is 5.82 Å². The fourth-order valence-corrected chi connectivity index (χ4v) is 2.82. The largest absolute Gasteiger partial charge is 0.496 e. The highest BCUT2D eigenvalue weighted by molar-refractivity contribution is 5.35. The first-order valence-electron chi connectivity index (χ1n) is 6.20. The summed E-state index contributed by atoms with van der Waals surface area (Å²) in [6.45, 7) is 0. The first-order chi connectivity index (χ1) is 8.19. The van der Waals surface area contributed by atoms with Gasteiger partial charge in [-0.2, -0.15) is 0 Å². The molecule has 1 aromatic carbocycles. The van der Waals surface area contributed by atoms with Crippen molar-refractivity contribution in [2.45, 2.75) is 37.6 Å². The van der Waals surface area contributed by atoms with Gasteiger partial charge in [-0.1, -0.05) is 12.8 Å². The number of methoxy groups -OCH3 is 1. The molecule has 0 spiro atoms. The Morgan fingerprint density at radius 2 is 2.06 bits per heavy atom. The van der Waals surface area contributed by atoms with Gasteiger partial charge in [0.2, 0.25) is 0 Å². The summed E-state index contributed by atoms with van der Waals surface area (Å²) in [6.07, 6.45) is 5.65. The standard InChI is InChI=1S/C14H20FNO/c1-16-14(7-3-4-8-14)10-11-9-12(15)5-6-13(11)17-2/h5-6,9,16H,3-4,7-8,10H2,1-2H3. The number of hydrogen-bond acceptors (Lipinski definition) is 2. The molecule has 0 heterocycles. The molecule has 0 radical (unpaired) electrons. The zero-order chi connectivity index (χ0) is 12.3. The Kier molecular flexibility index (Phi) is 3.67. The molecule has 3 heteroatoms. The summed E-state index contributed by atoms with van der Waals surface area (Å²) < 4.78 is 18.6. The van der Waals surface area contributed by atoms with Crippen molar-refractivity contribution in [1.29, 1.82) is 0 Å². The topological polar surface area (TPSA) is 21.3 Å². The molecule has 1 aliphatic rings. The maximum absolute atomic E-state index is 13.3. The molecule has 2 nitrogen and oxygen atoms in total. The summed E-state index contributed by atoms with van der Waals surface area (Å²) in [4.78, 5) is 0. The highest BCUT2D eigenvalue weighted by Gasteiger charge is 2.33. The van der Waals surface area contributed by atoms with Crippen LogP contribution in [0.25, 0.3) is 0 Å². The molecule has 94 valence electrons. The molecule has 0 amide bonds. The van der Waals surface area contributed by atoms with Crippen LogP contribution >= 0.6 is 0 Å². The van der Waals surface area contributed by atoms with Gasteiger partial charge in [-0.05, 0) is 50.1 Å². The van der Waals surface area contributed by atoms with E-state index in [4.69, 9.17) is 4.74 Å². The molecular weight excluding hydrogens is 217 g/mol. The number of nitrogens with one attached hydrogen (secondary N) is 1. The van der Waals surface area contributed by atoms with Crippen LogP contribution in [0.3, 0.4) is 0 Å². The Balaban J connectivity index is 2.24. The summed E-state index contributed by atoms with van der Waals surface area (Å²) in [5, 5.41) is 3.42. The summed E-state index contributed by atoms with van der Waals surface area (Å²) in [6, 6.07) is 4.75. The van der Waals surface area contributed by atoms with E-state index >= 15 is 0 Å². The van der Waals surface area contributed by atoms with E-state index in [2.05, 4.69) is 5.32 Å². The van der Waals surface area contributed by atoms with E-state index in [0.29, 0.717) is 0 Å². The van der Waals surface area contributed by atoms with Crippen LogP contribution in [-0.2, 0) is 6.42 Å². The lowest BCUT2D eigenvalue weighted by Gasteiger charge is -2.29. The van der Waals surface area contributed by atoms with Crippen molar-refractivity contribution in [2.75, 3.05) is 14.2 Å². The third kappa shape index (κ3) is 2.60. The van der Waals surface area contributed by atoms with Gasteiger partial charge in [-0.3, -0.25) is 0 Å². The Morgan fingerprint density at radius 3 is 2.65 bits per heavy atom. The van der Waals surface area contributed by atoms with E-state index in [-0.39, 0.29) is 11.4 Å². The number of halogens is 1. The molecule has 0 bridgehead atoms. The Morgan fingerprint density at radius 1 is 1.35 bits per heavy atom. The number of rotatable bonds is 4. The zero-order valence-electron chi connectivity index (χ0n) is 10.6. The Bertz CT molecular complexity index is 386. The second-order valence-electron chi connectivity index (χ2n) is 4.87. The molecule has 2 rings (SSSR count). The van der Waals surface area contributed by atoms with Crippen LogP contribution in [0.4, 0.5) is 4.39 Å². The molecule has 17 heavy (non-hydrogen) atoms. The van der Waals surface area contributed by atoms with Crippen molar-refractivity contribution in [2.24, 2.45) is 0 Å². The van der Waals surface area contributed by atoms with Crippen molar-refractivity contribution < 1.29 is 9.13 Å². The normalized spacial score (nSPS) is 18.3. The molecule has 0 aromatic heterocycles. The number of benzene rings is 1. The highest BCUT2D eigenvalue weighted by Crippen LogP contribution is 2.34. The van der Waals surface area contributed by atoms with Gasteiger partial charge >= 0.3 is 0 Å². The first-order valence-corrected chi connectivity index (χ1v) is 6.20. The average Bonchev–Trinajstić information content (AvgIpc) is 2.79. The highest BCUT2D eigenvalue weighted by atomic mass is 19.1. The van der Waals surface area contributed by atoms with E-state index in [1.54, 1.807) is 19.2 Å². The summed E-state index contributed by atoms with van der Waals surface area (Å²) >= 11 is 0. The number of ether oxygens (including phenoxy) is 1. The molecular formula is C14H20FNO. The predicted octanol–water partition coefficient (Wildman–Crippen LogP) is 2.91. The van der Waals surface area contributed by atoms with Crippen LogP contribution in [0.2, 0.25) is 0 Å². The van der Waals surface area contributed by atoms with Crippen molar-refractivity contribution in [3.63, 3.8) is 0 Å². The van der Waals surface area contributed by atoms with Gasteiger partial charge in [0.25, 0.3) is 0 Å². The van der Waals surface area contributed by atoms with Crippen molar-refractivity contribution in [3.8, 4) is 5.75 Å². The molecule has 0 aliphatic heterocycles. The van der Waals surface area contributed by atoms with Gasteiger partial charge in [0, 0.05) is 5.54 Å². The second kappa shape index (κ2) is 5.05. The molecule has 1 saturated carbocycles. The van der Waals surface area contributed by atoms with Crippen LogP contribution in [-0.4, -0.2) is 19.7 Å². The molecule has 1 fully saturated rings. The fourth-order valence-electron chi connectivity index (χ4n) is 2.82. The van der Waals surface area contributed by atoms with E-state index in [0.717, 1.165) is 30.6 Å². The van der Waals surface area contributed by atoms with Crippen LogP contribution < -0.4 is 10.1 Å². The van der Waals surface area contributed by atoms with Gasteiger partial charge in [-0.15, -0.1) is 0 Å². The minimum Gasteiger partial charge on any atom is -0.496 e. The van der Waals surface area contributed by atoms with Crippen molar-refractivity contribution >= 4 is 0 Å². The van der Waals surface area contributed by atoms with Gasteiger partial charge in [0.15, 0.2) is 0 Å². The van der Waals surface area contributed by atoms with E-state index in [1.807, 2.05) is 7.05 Å². The SMILES string of the molecule is CNC1(Cc2cc(F)ccc2OC)CCCC1. The molecule has 0 atom stereocenters. The van der Waals surface area contributed by atoms with Gasteiger partial charge in [-0.25, -0.2) is 4.39 Å². The third-order valence-corrected chi connectivity index (χ3v) is 3.86. The number of likely N-dealkylation sites (N-methyl/N-ethyl adjacent to an activating group) is 1. The van der Waals surface area contributed by atoms with Crippen molar-refractivity contribution in [3.05, 3.63) is 29.6 Å². The van der Waals surface area contributed by atoms with Crippen LogP contribution in [0.5, 0.6) is 5.75 Å². The Hall–Kier alpha value is -1.09. The summed E-state index contributed by atoms with van der Waals surface area (Å²) in [5.41, 5.74) is 1.09. The van der Waals surface area contributed by atoms with E-state index < -0.39 is 0 Å². The van der Waals surface area contributed by atoms with Gasteiger partial charge in [0.05, 0.1) is 7.11 Å². The fraction of sp³-hybridized carbons (Fsp3) is 0.571. The third-order valence-electron chi connectivity index (χ3n) is 3.86. The lowest BCUT2D eigenvalue weighted by Crippen LogP contribution is -2.42. The van der Waals surface area contributed by atoms with Gasteiger partial charge < -0.3 is 10.1 Å². The predicted molar refractivity (Wildman–Crippen MR) is 66.9 cm³/mol. The summed E-state index contributed by atoms with van der Waals surface area (Å²) in [5.74, 6) is 0.595. The molecule has 0 unspecified atom stereocenters. The molecule has 1 aliphatic carbocycles. The minimum absolute atomic E-state index is 0.126. The van der Waals surface area contributed by atoms with Crippen molar-refractivity contribution in [1.82, 2.24) is 5.32 Å². The van der Waals surface area contributed by atoms with Gasteiger partial charge in [0.1, 0.15) is 11.6 Å². The monoisotopic (exact) mass is 237 g/mol. The molecule has 1 N–H and O–H groups in total. The van der Waals surface area contributed by atoms with E-state index in [9.17, 15) is 4.39 Å². The minimum atomic E-state index is -0.190. The maximum atomic E-state index is 13.3. The number of hydrogen-bond donors (Lipinski definition) is 1. The van der Waals surface area contributed by atoms with Crippen LogP contribution in [0.1, 0.15) is 31.2 Å². The quantitative estimate of drug-likeness (QED) is 0.869. The van der Waals surface area contributed by atoms with Crippen LogP contribution in [0.15, 0.2) is 18.2 Å². The lowest BCUT2D eigenvalue weighted by atomic mass is 9.89. The Labute approximate surface area is 102 Å². The smallest absolute Gasteiger partial charge is 0.123 e. The maximum Gasteiger partial charge on any atom is 0.123 e.